The van der Waals surface area contributed by atoms with Gasteiger partial charge < -0.3 is 9.15 Å². The van der Waals surface area contributed by atoms with Gasteiger partial charge in [0, 0.05) is 36.1 Å². The molecule has 0 amide bonds. The number of fused-ring (bicyclic) bond motifs is 1. The maximum Gasteiger partial charge on any atom is 0.262 e. The van der Waals surface area contributed by atoms with Gasteiger partial charge in [0.15, 0.2) is 5.16 Å². The number of benzene rings is 2. The van der Waals surface area contributed by atoms with Crippen molar-refractivity contribution in [1.29, 1.82) is 0 Å². The smallest absolute Gasteiger partial charge is 0.262 e. The molecule has 9 heteroatoms. The SMILES string of the molecule is CCOCCCn1c(SCc2coc(-c3ccc(F)cc3)n2)nc2cc(Cl)ccc2c1=O. The Kier molecular flexibility index (Phi) is 7.24. The van der Waals surface area contributed by atoms with Gasteiger partial charge >= 0.3 is 0 Å². The maximum atomic E-state index is 13.1. The molecule has 0 aliphatic heterocycles. The van der Waals surface area contributed by atoms with Crippen molar-refractivity contribution in [3.05, 3.63) is 75.6 Å². The monoisotopic (exact) mass is 473 g/mol. The normalized spacial score (nSPS) is 11.3. The van der Waals surface area contributed by atoms with Crippen molar-refractivity contribution >= 4 is 34.3 Å². The zero-order valence-electron chi connectivity index (χ0n) is 17.4. The van der Waals surface area contributed by atoms with Crippen LogP contribution in [0.1, 0.15) is 19.0 Å². The highest BCUT2D eigenvalue weighted by Crippen LogP contribution is 2.26. The van der Waals surface area contributed by atoms with Gasteiger partial charge in [0.2, 0.25) is 5.89 Å². The van der Waals surface area contributed by atoms with Crippen LogP contribution in [0.25, 0.3) is 22.4 Å². The van der Waals surface area contributed by atoms with E-state index in [4.69, 9.17) is 20.8 Å². The molecule has 4 aromatic rings. The molecule has 0 aliphatic carbocycles. The number of halogens is 2. The van der Waals surface area contributed by atoms with Crippen molar-refractivity contribution in [2.75, 3.05) is 13.2 Å². The summed E-state index contributed by atoms with van der Waals surface area (Å²) in [5.74, 6) is 0.545. The maximum absolute atomic E-state index is 13.1. The van der Waals surface area contributed by atoms with Gasteiger partial charge in [-0.2, -0.15) is 0 Å². The Bertz CT molecular complexity index is 1270. The van der Waals surface area contributed by atoms with Crippen LogP contribution in [0.2, 0.25) is 5.02 Å². The standard InChI is InChI=1S/C23H21ClFN3O3S/c1-2-30-11-3-10-28-22(29)19-9-6-16(24)12-20(19)27-23(28)32-14-18-13-31-21(26-18)15-4-7-17(25)8-5-15/h4-9,12-13H,2-3,10-11,14H2,1H3. The topological polar surface area (TPSA) is 70.2 Å². The average Bonchev–Trinajstić information content (AvgIpc) is 3.26. The molecule has 0 N–H and O–H groups in total. The van der Waals surface area contributed by atoms with Gasteiger partial charge in [-0.15, -0.1) is 0 Å². The van der Waals surface area contributed by atoms with Crippen LogP contribution in [0, 0.1) is 5.82 Å². The number of hydrogen-bond donors (Lipinski definition) is 0. The fraction of sp³-hybridized carbons (Fsp3) is 0.261. The van der Waals surface area contributed by atoms with Gasteiger partial charge in [-0.25, -0.2) is 14.4 Å². The first-order chi connectivity index (χ1) is 15.5. The number of nitrogens with zero attached hydrogens (tertiary/aromatic N) is 3. The summed E-state index contributed by atoms with van der Waals surface area (Å²) in [7, 11) is 0. The lowest BCUT2D eigenvalue weighted by Crippen LogP contribution is -2.24. The van der Waals surface area contributed by atoms with Crippen LogP contribution in [0.5, 0.6) is 0 Å². The quantitative estimate of drug-likeness (QED) is 0.180. The molecule has 0 saturated carbocycles. The molecule has 4 rings (SSSR count). The van der Waals surface area contributed by atoms with E-state index in [1.165, 1.54) is 23.9 Å². The Morgan fingerprint density at radius 1 is 1.19 bits per heavy atom. The van der Waals surface area contributed by atoms with E-state index < -0.39 is 0 Å². The summed E-state index contributed by atoms with van der Waals surface area (Å²) in [6, 6.07) is 11.0. The van der Waals surface area contributed by atoms with Crippen LogP contribution in [0.4, 0.5) is 4.39 Å². The summed E-state index contributed by atoms with van der Waals surface area (Å²) < 4.78 is 25.8. The third-order valence-corrected chi connectivity index (χ3v) is 5.99. The second-order valence-electron chi connectivity index (χ2n) is 7.00. The lowest BCUT2D eigenvalue weighted by Gasteiger charge is -2.13. The fourth-order valence-electron chi connectivity index (χ4n) is 3.19. The molecule has 0 spiro atoms. The van der Waals surface area contributed by atoms with Gasteiger partial charge in [0.1, 0.15) is 12.1 Å². The minimum atomic E-state index is -0.319. The van der Waals surface area contributed by atoms with E-state index in [2.05, 4.69) is 9.97 Å². The predicted octanol–water partition coefficient (Wildman–Crippen LogP) is 5.56. The molecule has 0 saturated heterocycles. The Balaban J connectivity index is 1.58. The van der Waals surface area contributed by atoms with E-state index in [9.17, 15) is 9.18 Å². The minimum Gasteiger partial charge on any atom is -0.444 e. The zero-order valence-corrected chi connectivity index (χ0v) is 19.0. The lowest BCUT2D eigenvalue weighted by molar-refractivity contribution is 0.140. The van der Waals surface area contributed by atoms with Crippen molar-refractivity contribution in [2.24, 2.45) is 0 Å². The zero-order chi connectivity index (χ0) is 22.5. The molecule has 2 aromatic carbocycles. The molecular formula is C23H21ClFN3O3S. The van der Waals surface area contributed by atoms with Crippen LogP contribution in [-0.4, -0.2) is 27.7 Å². The molecule has 6 nitrogen and oxygen atoms in total. The van der Waals surface area contributed by atoms with Crippen molar-refractivity contribution in [1.82, 2.24) is 14.5 Å². The van der Waals surface area contributed by atoms with Gasteiger partial charge in [-0.05, 0) is 55.8 Å². The van der Waals surface area contributed by atoms with Crippen molar-refractivity contribution in [3.63, 3.8) is 0 Å². The largest absolute Gasteiger partial charge is 0.444 e. The number of aromatic nitrogens is 3. The molecule has 166 valence electrons. The molecule has 0 radical (unpaired) electrons. The first-order valence-corrected chi connectivity index (χ1v) is 11.5. The molecular weight excluding hydrogens is 453 g/mol. The number of rotatable bonds is 9. The second kappa shape index (κ2) is 10.3. The molecule has 0 atom stereocenters. The molecule has 2 aromatic heterocycles. The fourth-order valence-corrected chi connectivity index (χ4v) is 4.26. The van der Waals surface area contributed by atoms with E-state index in [0.717, 1.165) is 0 Å². The number of oxazole rings is 1. The highest BCUT2D eigenvalue weighted by Gasteiger charge is 2.14. The Morgan fingerprint density at radius 3 is 2.78 bits per heavy atom. The van der Waals surface area contributed by atoms with E-state index in [1.54, 1.807) is 41.2 Å². The summed E-state index contributed by atoms with van der Waals surface area (Å²) >= 11 is 7.50. The summed E-state index contributed by atoms with van der Waals surface area (Å²) in [5, 5.41) is 1.62. The third-order valence-electron chi connectivity index (χ3n) is 4.75. The molecule has 0 bridgehead atoms. The Morgan fingerprint density at radius 2 is 2.00 bits per heavy atom. The first kappa shape index (κ1) is 22.5. The van der Waals surface area contributed by atoms with Gasteiger partial charge in [0.05, 0.1) is 16.6 Å². The average molecular weight is 474 g/mol. The number of ether oxygens (including phenoxy) is 1. The van der Waals surface area contributed by atoms with Crippen LogP contribution in [0.15, 0.2) is 63.1 Å². The minimum absolute atomic E-state index is 0.113. The van der Waals surface area contributed by atoms with Crippen molar-refractivity contribution in [2.45, 2.75) is 30.8 Å². The van der Waals surface area contributed by atoms with Crippen molar-refractivity contribution in [3.8, 4) is 11.5 Å². The van der Waals surface area contributed by atoms with E-state index in [1.807, 2.05) is 6.92 Å². The molecule has 2 heterocycles. The Hall–Kier alpha value is -2.68. The highest BCUT2D eigenvalue weighted by atomic mass is 35.5. The van der Waals surface area contributed by atoms with Crippen LogP contribution in [0.3, 0.4) is 0 Å². The number of thioether (sulfide) groups is 1. The van der Waals surface area contributed by atoms with E-state index in [0.29, 0.717) is 70.2 Å². The summed E-state index contributed by atoms with van der Waals surface area (Å²) in [6.45, 7) is 3.63. The summed E-state index contributed by atoms with van der Waals surface area (Å²) in [4.78, 5) is 22.3. The molecule has 0 aliphatic rings. The summed E-state index contributed by atoms with van der Waals surface area (Å²) in [6.07, 6.45) is 2.25. The van der Waals surface area contributed by atoms with Gasteiger partial charge in [0.25, 0.3) is 5.56 Å². The first-order valence-electron chi connectivity index (χ1n) is 10.2. The predicted molar refractivity (Wildman–Crippen MR) is 124 cm³/mol. The van der Waals surface area contributed by atoms with Crippen LogP contribution < -0.4 is 5.56 Å². The Labute approximate surface area is 193 Å². The van der Waals surface area contributed by atoms with E-state index in [-0.39, 0.29) is 11.4 Å². The molecule has 0 unspecified atom stereocenters. The molecule has 32 heavy (non-hydrogen) atoms. The highest BCUT2D eigenvalue weighted by molar-refractivity contribution is 7.98. The lowest BCUT2D eigenvalue weighted by atomic mass is 10.2. The third kappa shape index (κ3) is 5.20. The van der Waals surface area contributed by atoms with Crippen LogP contribution >= 0.6 is 23.4 Å². The van der Waals surface area contributed by atoms with Gasteiger partial charge in [-0.1, -0.05) is 23.4 Å². The number of hydrogen-bond acceptors (Lipinski definition) is 6. The van der Waals surface area contributed by atoms with E-state index >= 15 is 0 Å². The summed E-state index contributed by atoms with van der Waals surface area (Å²) in [5.41, 5.74) is 1.82. The molecule has 0 fully saturated rings. The van der Waals surface area contributed by atoms with Crippen molar-refractivity contribution < 1.29 is 13.5 Å². The van der Waals surface area contributed by atoms with Gasteiger partial charge in [-0.3, -0.25) is 9.36 Å². The van der Waals surface area contributed by atoms with Crippen LogP contribution in [-0.2, 0) is 17.0 Å². The second-order valence-corrected chi connectivity index (χ2v) is 8.38.